The lowest BCUT2D eigenvalue weighted by atomic mass is 10.1. The molecule has 0 bridgehead atoms. The molecule has 1 saturated heterocycles. The standard InChI is InChI=1S/C22H21N3O4S2/c1-27-16-7-8-17(28-2)20-19(16)24-22(31-20)25(11-14-4-3-9-29-14)21(26)13-5-6-15-18(10-13)30-12-23-15/h5-8,10,12,14H,3-4,9,11H2,1-2H3. The maximum Gasteiger partial charge on any atom is 0.260 e. The molecule has 1 aliphatic heterocycles. The fourth-order valence-corrected chi connectivity index (χ4v) is 5.57. The summed E-state index contributed by atoms with van der Waals surface area (Å²) >= 11 is 2.94. The van der Waals surface area contributed by atoms with E-state index in [4.69, 9.17) is 19.2 Å². The number of carbonyl (C=O) groups excluding carboxylic acids is 1. The van der Waals surface area contributed by atoms with E-state index in [1.54, 1.807) is 24.6 Å². The molecule has 2 aromatic carbocycles. The van der Waals surface area contributed by atoms with Crippen molar-refractivity contribution >= 4 is 54.1 Å². The summed E-state index contributed by atoms with van der Waals surface area (Å²) in [7, 11) is 3.24. The van der Waals surface area contributed by atoms with E-state index in [2.05, 4.69) is 4.98 Å². The molecule has 1 unspecified atom stereocenters. The largest absolute Gasteiger partial charge is 0.495 e. The molecule has 31 heavy (non-hydrogen) atoms. The second-order valence-electron chi connectivity index (χ2n) is 7.23. The molecular formula is C22H21N3O4S2. The lowest BCUT2D eigenvalue weighted by molar-refractivity contribution is 0.0917. The van der Waals surface area contributed by atoms with Gasteiger partial charge in [-0.05, 0) is 43.2 Å². The summed E-state index contributed by atoms with van der Waals surface area (Å²) in [5.74, 6) is 1.24. The summed E-state index contributed by atoms with van der Waals surface area (Å²) in [6.45, 7) is 1.17. The van der Waals surface area contributed by atoms with Crippen LogP contribution < -0.4 is 14.4 Å². The number of thiazole rings is 2. The average molecular weight is 456 g/mol. The van der Waals surface area contributed by atoms with Crippen molar-refractivity contribution in [2.45, 2.75) is 18.9 Å². The SMILES string of the molecule is COc1ccc(OC)c2sc(N(CC3CCCO3)C(=O)c3ccc4ncsc4c3)nc12. The maximum atomic E-state index is 13.6. The minimum atomic E-state index is -0.109. The third-order valence-electron chi connectivity index (χ3n) is 5.36. The van der Waals surface area contributed by atoms with Crippen LogP contribution in [0, 0.1) is 0 Å². The van der Waals surface area contributed by atoms with Gasteiger partial charge >= 0.3 is 0 Å². The Morgan fingerprint density at radius 2 is 2.06 bits per heavy atom. The molecule has 1 aliphatic rings. The summed E-state index contributed by atoms with van der Waals surface area (Å²) in [5.41, 5.74) is 3.97. The Balaban J connectivity index is 1.59. The van der Waals surface area contributed by atoms with Crippen LogP contribution in [0.4, 0.5) is 5.13 Å². The first-order valence-corrected chi connectivity index (χ1v) is 11.7. The highest BCUT2D eigenvalue weighted by atomic mass is 32.1. The van der Waals surface area contributed by atoms with E-state index in [9.17, 15) is 4.79 Å². The van der Waals surface area contributed by atoms with E-state index in [-0.39, 0.29) is 12.0 Å². The summed E-state index contributed by atoms with van der Waals surface area (Å²) in [5, 5.41) is 0.600. The van der Waals surface area contributed by atoms with E-state index >= 15 is 0 Å². The van der Waals surface area contributed by atoms with Crippen molar-refractivity contribution in [2.75, 3.05) is 32.3 Å². The predicted octanol–water partition coefficient (Wildman–Crippen LogP) is 4.75. The third-order valence-corrected chi connectivity index (χ3v) is 7.25. The third kappa shape index (κ3) is 3.73. The van der Waals surface area contributed by atoms with Gasteiger partial charge in [0.25, 0.3) is 5.91 Å². The predicted molar refractivity (Wildman–Crippen MR) is 123 cm³/mol. The van der Waals surface area contributed by atoms with Gasteiger partial charge in [-0.25, -0.2) is 9.97 Å². The van der Waals surface area contributed by atoms with Crippen molar-refractivity contribution < 1.29 is 19.0 Å². The lowest BCUT2D eigenvalue weighted by Gasteiger charge is -2.23. The van der Waals surface area contributed by atoms with Gasteiger partial charge in [0.2, 0.25) is 0 Å². The zero-order valence-electron chi connectivity index (χ0n) is 17.2. The van der Waals surface area contributed by atoms with Gasteiger partial charge in [0.15, 0.2) is 5.13 Å². The van der Waals surface area contributed by atoms with Crippen LogP contribution in [0.15, 0.2) is 35.8 Å². The maximum absolute atomic E-state index is 13.6. The van der Waals surface area contributed by atoms with Crippen LogP contribution in [0.5, 0.6) is 11.5 Å². The first kappa shape index (κ1) is 20.2. The number of nitrogens with zero attached hydrogens (tertiary/aromatic N) is 3. The smallest absolute Gasteiger partial charge is 0.260 e. The molecule has 0 aliphatic carbocycles. The number of anilines is 1. The molecule has 0 spiro atoms. The quantitative estimate of drug-likeness (QED) is 0.418. The van der Waals surface area contributed by atoms with Gasteiger partial charge in [0, 0.05) is 12.2 Å². The molecule has 4 aromatic rings. The number of aromatic nitrogens is 2. The number of benzene rings is 2. The van der Waals surface area contributed by atoms with Crippen LogP contribution in [0.2, 0.25) is 0 Å². The van der Waals surface area contributed by atoms with E-state index in [0.29, 0.717) is 34.3 Å². The van der Waals surface area contributed by atoms with Crippen molar-refractivity contribution in [2.24, 2.45) is 0 Å². The van der Waals surface area contributed by atoms with Crippen LogP contribution in [0.1, 0.15) is 23.2 Å². The number of amides is 1. The normalized spacial score (nSPS) is 16.1. The first-order valence-electron chi connectivity index (χ1n) is 9.96. The van der Waals surface area contributed by atoms with E-state index < -0.39 is 0 Å². The Morgan fingerprint density at radius 3 is 2.84 bits per heavy atom. The first-order chi connectivity index (χ1) is 15.2. The summed E-state index contributed by atoms with van der Waals surface area (Å²) in [6.07, 6.45) is 1.92. The number of fused-ring (bicyclic) bond motifs is 2. The van der Waals surface area contributed by atoms with Crippen LogP contribution in [-0.4, -0.2) is 49.4 Å². The number of ether oxygens (including phenoxy) is 3. The van der Waals surface area contributed by atoms with Crippen molar-refractivity contribution in [3.8, 4) is 11.5 Å². The van der Waals surface area contributed by atoms with Gasteiger partial charge in [-0.2, -0.15) is 0 Å². The van der Waals surface area contributed by atoms with Gasteiger partial charge in [0.05, 0.1) is 42.6 Å². The molecular weight excluding hydrogens is 434 g/mol. The van der Waals surface area contributed by atoms with Crippen molar-refractivity contribution in [1.82, 2.24) is 9.97 Å². The minimum absolute atomic E-state index is 0.00751. The summed E-state index contributed by atoms with van der Waals surface area (Å²) < 4.78 is 18.7. The molecule has 9 heteroatoms. The Morgan fingerprint density at radius 1 is 1.23 bits per heavy atom. The Hall–Kier alpha value is -2.75. The lowest BCUT2D eigenvalue weighted by Crippen LogP contribution is -2.37. The molecule has 1 atom stereocenters. The van der Waals surface area contributed by atoms with Crippen molar-refractivity contribution in [3.05, 3.63) is 41.4 Å². The van der Waals surface area contributed by atoms with E-state index in [0.717, 1.165) is 34.4 Å². The molecule has 160 valence electrons. The topological polar surface area (TPSA) is 73.8 Å². The highest BCUT2D eigenvalue weighted by molar-refractivity contribution is 7.22. The average Bonchev–Trinajstić information content (AvgIpc) is 3.56. The Labute approximate surface area is 187 Å². The number of methoxy groups -OCH3 is 2. The van der Waals surface area contributed by atoms with Crippen molar-refractivity contribution in [1.29, 1.82) is 0 Å². The Kier molecular flexibility index (Phi) is 5.47. The van der Waals surface area contributed by atoms with Gasteiger partial charge in [-0.15, -0.1) is 11.3 Å². The number of rotatable bonds is 6. The zero-order chi connectivity index (χ0) is 21.4. The van der Waals surface area contributed by atoms with Gasteiger partial charge in [-0.3, -0.25) is 9.69 Å². The second-order valence-corrected chi connectivity index (χ2v) is 9.09. The molecule has 1 fully saturated rings. The fourth-order valence-electron chi connectivity index (χ4n) is 3.77. The fraction of sp³-hybridized carbons (Fsp3) is 0.318. The van der Waals surface area contributed by atoms with Gasteiger partial charge in [0.1, 0.15) is 21.7 Å². The minimum Gasteiger partial charge on any atom is -0.495 e. The second kappa shape index (κ2) is 8.41. The summed E-state index contributed by atoms with van der Waals surface area (Å²) in [4.78, 5) is 24.5. The number of hydrogen-bond acceptors (Lipinski definition) is 8. The van der Waals surface area contributed by atoms with Crippen LogP contribution in [-0.2, 0) is 4.74 Å². The molecule has 5 rings (SSSR count). The van der Waals surface area contributed by atoms with Crippen molar-refractivity contribution in [3.63, 3.8) is 0 Å². The molecule has 1 amide bonds. The van der Waals surface area contributed by atoms with Crippen LogP contribution in [0.25, 0.3) is 20.4 Å². The van der Waals surface area contributed by atoms with Crippen LogP contribution >= 0.6 is 22.7 Å². The Bertz CT molecular complexity index is 1210. The summed E-state index contributed by atoms with van der Waals surface area (Å²) in [6, 6.07) is 9.28. The number of hydrogen-bond donors (Lipinski definition) is 0. The van der Waals surface area contributed by atoms with Crippen LogP contribution in [0.3, 0.4) is 0 Å². The van der Waals surface area contributed by atoms with Gasteiger partial charge in [-0.1, -0.05) is 11.3 Å². The monoisotopic (exact) mass is 455 g/mol. The van der Waals surface area contributed by atoms with E-state index in [1.165, 1.54) is 22.7 Å². The number of carbonyl (C=O) groups is 1. The molecule has 0 N–H and O–H groups in total. The van der Waals surface area contributed by atoms with Gasteiger partial charge < -0.3 is 14.2 Å². The molecule has 7 nitrogen and oxygen atoms in total. The highest BCUT2D eigenvalue weighted by Crippen LogP contribution is 2.40. The zero-order valence-corrected chi connectivity index (χ0v) is 18.8. The molecule has 0 saturated carbocycles. The van der Waals surface area contributed by atoms with E-state index in [1.807, 2.05) is 30.3 Å². The molecule has 0 radical (unpaired) electrons. The molecule has 3 heterocycles. The molecule has 2 aromatic heterocycles. The highest BCUT2D eigenvalue weighted by Gasteiger charge is 2.28.